The van der Waals surface area contributed by atoms with Crippen molar-refractivity contribution in [2.24, 2.45) is 11.8 Å². The molecule has 0 radical (unpaired) electrons. The molecule has 22 heavy (non-hydrogen) atoms. The molecule has 1 fully saturated rings. The van der Waals surface area contributed by atoms with Crippen LogP contribution in [0.3, 0.4) is 0 Å². The van der Waals surface area contributed by atoms with Gasteiger partial charge in [0.05, 0.1) is 0 Å². The van der Waals surface area contributed by atoms with Crippen LogP contribution in [-0.4, -0.2) is 18.1 Å². The number of hydrogen-bond donors (Lipinski definition) is 0. The Kier molecular flexibility index (Phi) is 3.89. The number of nitriles is 1. The maximum Gasteiger partial charge on any atom is 0.235 e. The fourth-order valence-corrected chi connectivity index (χ4v) is 3.36. The third-order valence-corrected chi connectivity index (χ3v) is 4.25. The lowest BCUT2D eigenvalue weighted by Gasteiger charge is -2.34. The summed E-state index contributed by atoms with van der Waals surface area (Å²) in [6.07, 6.45) is 1.22. The average molecular weight is 295 g/mol. The predicted molar refractivity (Wildman–Crippen MR) is 86.5 cm³/mol. The van der Waals surface area contributed by atoms with Crippen molar-refractivity contribution < 1.29 is 4.42 Å². The van der Waals surface area contributed by atoms with Gasteiger partial charge in [-0.15, -0.1) is 0 Å². The van der Waals surface area contributed by atoms with Gasteiger partial charge in [-0.2, -0.15) is 10.2 Å². The third kappa shape index (κ3) is 2.71. The van der Waals surface area contributed by atoms with Gasteiger partial charge in [0.15, 0.2) is 0 Å². The largest absolute Gasteiger partial charge is 0.419 e. The standard InChI is InChI=1S/C18H21N3O/c1-12-8-13(2)11-21(10-12)18-16(9-19)20-17(22-18)15-7-5-4-6-14(15)3/h4-7,12-13H,8,10-11H2,1-3H3/t12-,13-/m1/s1. The van der Waals surface area contributed by atoms with Crippen molar-refractivity contribution in [2.45, 2.75) is 27.2 Å². The third-order valence-electron chi connectivity index (χ3n) is 4.25. The lowest BCUT2D eigenvalue weighted by Crippen LogP contribution is -2.38. The van der Waals surface area contributed by atoms with Crippen molar-refractivity contribution in [2.75, 3.05) is 18.0 Å². The monoisotopic (exact) mass is 295 g/mol. The summed E-state index contributed by atoms with van der Waals surface area (Å²) in [6.45, 7) is 8.35. The molecule has 114 valence electrons. The number of hydrogen-bond acceptors (Lipinski definition) is 4. The Morgan fingerprint density at radius 2 is 1.91 bits per heavy atom. The van der Waals surface area contributed by atoms with Crippen LogP contribution in [0, 0.1) is 30.1 Å². The smallest absolute Gasteiger partial charge is 0.235 e. The minimum Gasteiger partial charge on any atom is -0.419 e. The van der Waals surface area contributed by atoms with Gasteiger partial charge in [0.2, 0.25) is 17.5 Å². The number of benzene rings is 1. The van der Waals surface area contributed by atoms with Crippen LogP contribution in [0.4, 0.5) is 5.88 Å². The molecule has 0 saturated carbocycles. The van der Waals surface area contributed by atoms with Gasteiger partial charge in [-0.05, 0) is 36.8 Å². The Balaban J connectivity index is 1.99. The van der Waals surface area contributed by atoms with Crippen molar-refractivity contribution >= 4 is 5.88 Å². The number of rotatable bonds is 2. The van der Waals surface area contributed by atoms with Crippen molar-refractivity contribution in [1.29, 1.82) is 5.26 Å². The molecule has 0 aliphatic carbocycles. The van der Waals surface area contributed by atoms with Crippen molar-refractivity contribution in [3.05, 3.63) is 35.5 Å². The second-order valence-electron chi connectivity index (χ2n) is 6.45. The Labute approximate surface area is 131 Å². The second kappa shape index (κ2) is 5.84. The average Bonchev–Trinajstić information content (AvgIpc) is 2.91. The van der Waals surface area contributed by atoms with Gasteiger partial charge in [0.1, 0.15) is 6.07 Å². The van der Waals surface area contributed by atoms with E-state index in [1.54, 1.807) is 0 Å². The van der Waals surface area contributed by atoms with Crippen LogP contribution < -0.4 is 4.90 Å². The molecule has 1 aromatic heterocycles. The van der Waals surface area contributed by atoms with Crippen LogP contribution >= 0.6 is 0 Å². The molecule has 2 aromatic rings. The predicted octanol–water partition coefficient (Wildman–Crippen LogP) is 4.00. The quantitative estimate of drug-likeness (QED) is 0.840. The molecular formula is C18H21N3O. The Hall–Kier alpha value is -2.28. The van der Waals surface area contributed by atoms with Gasteiger partial charge in [-0.3, -0.25) is 0 Å². The van der Waals surface area contributed by atoms with E-state index in [4.69, 9.17) is 4.42 Å². The topological polar surface area (TPSA) is 53.1 Å². The minimum atomic E-state index is 0.388. The maximum absolute atomic E-state index is 9.41. The Morgan fingerprint density at radius 3 is 2.55 bits per heavy atom. The van der Waals surface area contributed by atoms with Crippen LogP contribution in [0.5, 0.6) is 0 Å². The lowest BCUT2D eigenvalue weighted by molar-refractivity contribution is 0.344. The fourth-order valence-electron chi connectivity index (χ4n) is 3.36. The highest BCUT2D eigenvalue weighted by Crippen LogP contribution is 2.33. The molecule has 0 amide bonds. The summed E-state index contributed by atoms with van der Waals surface area (Å²) in [5.41, 5.74) is 2.43. The van der Waals surface area contributed by atoms with Gasteiger partial charge in [0.25, 0.3) is 0 Å². The highest BCUT2D eigenvalue weighted by atomic mass is 16.4. The number of aryl methyl sites for hydroxylation is 1. The van der Waals surface area contributed by atoms with E-state index in [0.717, 1.165) is 24.2 Å². The molecule has 0 unspecified atom stereocenters. The number of oxazole rings is 1. The van der Waals surface area contributed by atoms with E-state index in [0.29, 0.717) is 29.3 Å². The van der Waals surface area contributed by atoms with Crippen LogP contribution in [0.1, 0.15) is 31.5 Å². The first-order chi connectivity index (χ1) is 10.6. The van der Waals surface area contributed by atoms with Gasteiger partial charge in [-0.25, -0.2) is 0 Å². The van der Waals surface area contributed by atoms with Crippen molar-refractivity contribution in [1.82, 2.24) is 4.98 Å². The molecule has 0 N–H and O–H groups in total. The summed E-state index contributed by atoms with van der Waals surface area (Å²) in [6, 6.07) is 10.1. The second-order valence-corrected chi connectivity index (χ2v) is 6.45. The molecule has 4 nitrogen and oxygen atoms in total. The summed E-state index contributed by atoms with van der Waals surface area (Å²) in [5, 5.41) is 9.41. The Morgan fingerprint density at radius 1 is 1.23 bits per heavy atom. The van der Waals surface area contributed by atoms with Crippen molar-refractivity contribution in [3.8, 4) is 17.5 Å². The fraction of sp³-hybridized carbons (Fsp3) is 0.444. The SMILES string of the molecule is Cc1ccccc1-c1nc(C#N)c(N2C[C@H](C)C[C@@H](C)C2)o1. The van der Waals surface area contributed by atoms with Crippen LogP contribution in [-0.2, 0) is 0 Å². The molecule has 0 spiro atoms. The van der Waals surface area contributed by atoms with E-state index in [1.165, 1.54) is 6.42 Å². The highest BCUT2D eigenvalue weighted by molar-refractivity contribution is 5.62. The summed E-state index contributed by atoms with van der Waals surface area (Å²) in [4.78, 5) is 6.59. The van der Waals surface area contributed by atoms with Gasteiger partial charge >= 0.3 is 0 Å². The van der Waals surface area contributed by atoms with E-state index in [2.05, 4.69) is 29.8 Å². The highest BCUT2D eigenvalue weighted by Gasteiger charge is 2.27. The van der Waals surface area contributed by atoms with Crippen LogP contribution in [0.25, 0.3) is 11.5 Å². The molecule has 1 aromatic carbocycles. The zero-order valence-electron chi connectivity index (χ0n) is 13.3. The van der Waals surface area contributed by atoms with E-state index in [1.807, 2.05) is 31.2 Å². The molecule has 1 aliphatic rings. The molecule has 4 heteroatoms. The van der Waals surface area contributed by atoms with Gasteiger partial charge in [0, 0.05) is 18.7 Å². The first-order valence-electron chi connectivity index (χ1n) is 7.80. The van der Waals surface area contributed by atoms with E-state index < -0.39 is 0 Å². The molecule has 1 saturated heterocycles. The normalized spacial score (nSPS) is 21.6. The minimum absolute atomic E-state index is 0.388. The molecule has 0 bridgehead atoms. The van der Waals surface area contributed by atoms with Crippen LogP contribution in [0.2, 0.25) is 0 Å². The molecule has 2 heterocycles. The lowest BCUT2D eigenvalue weighted by atomic mass is 9.92. The summed E-state index contributed by atoms with van der Waals surface area (Å²) in [5.74, 6) is 2.36. The Bertz CT molecular complexity index is 703. The maximum atomic E-state index is 9.41. The zero-order valence-corrected chi connectivity index (χ0v) is 13.3. The first-order valence-corrected chi connectivity index (χ1v) is 7.80. The number of piperidine rings is 1. The number of aromatic nitrogens is 1. The molecular weight excluding hydrogens is 274 g/mol. The van der Waals surface area contributed by atoms with Crippen molar-refractivity contribution in [3.63, 3.8) is 0 Å². The van der Waals surface area contributed by atoms with E-state index >= 15 is 0 Å². The van der Waals surface area contributed by atoms with Gasteiger partial charge in [-0.1, -0.05) is 32.0 Å². The molecule has 3 rings (SSSR count). The number of anilines is 1. The van der Waals surface area contributed by atoms with Gasteiger partial charge < -0.3 is 9.32 Å². The van der Waals surface area contributed by atoms with E-state index in [-0.39, 0.29) is 0 Å². The summed E-state index contributed by atoms with van der Waals surface area (Å²) < 4.78 is 6.00. The summed E-state index contributed by atoms with van der Waals surface area (Å²) >= 11 is 0. The summed E-state index contributed by atoms with van der Waals surface area (Å²) in [7, 11) is 0. The van der Waals surface area contributed by atoms with E-state index in [9.17, 15) is 5.26 Å². The first kappa shape index (κ1) is 14.6. The molecule has 2 atom stereocenters. The zero-order chi connectivity index (χ0) is 15.7. The number of nitrogens with zero attached hydrogens (tertiary/aromatic N) is 3. The van der Waals surface area contributed by atoms with Crippen LogP contribution in [0.15, 0.2) is 28.7 Å². The molecule has 1 aliphatic heterocycles.